The molecule has 0 aliphatic rings. The summed E-state index contributed by atoms with van der Waals surface area (Å²) in [6.45, 7) is -0.0702. The molecule has 0 atom stereocenters. The molecule has 0 bridgehead atoms. The van der Waals surface area contributed by atoms with Gasteiger partial charge in [-0.1, -0.05) is 39.8 Å². The topological polar surface area (TPSA) is 26.3 Å². The van der Waals surface area contributed by atoms with Gasteiger partial charge in [-0.2, -0.15) is 0 Å². The van der Waals surface area contributed by atoms with E-state index in [0.29, 0.717) is 0 Å². The Morgan fingerprint density at radius 2 is 2.36 bits per heavy atom. The highest BCUT2D eigenvalue weighted by molar-refractivity contribution is 8.76. The zero-order valence-corrected chi connectivity index (χ0v) is 9.49. The lowest BCUT2D eigenvalue weighted by molar-refractivity contribution is -0.142. The third-order valence-corrected chi connectivity index (χ3v) is 3.32. The van der Waals surface area contributed by atoms with Gasteiger partial charge in [0.25, 0.3) is 0 Å². The number of carbonyl (C=O) groups is 1. The highest BCUT2D eigenvalue weighted by atomic mass is 33.1. The zero-order valence-electron chi connectivity index (χ0n) is 8.86. The van der Waals surface area contributed by atoms with Gasteiger partial charge in [-0.3, -0.25) is 4.79 Å². The molecule has 0 amide bonds. The lowest BCUT2D eigenvalue weighted by Gasteiger charge is -2.06. The van der Waals surface area contributed by atoms with Crippen LogP contribution in [-0.4, -0.2) is 12.2 Å². The van der Waals surface area contributed by atoms with Crippen LogP contribution < -0.4 is 0 Å². The average Bonchev–Trinajstić information content (AvgIpc) is 2.28. The van der Waals surface area contributed by atoms with Crippen molar-refractivity contribution in [3.05, 3.63) is 29.8 Å². The Bertz CT molecular complexity index is 331. The summed E-state index contributed by atoms with van der Waals surface area (Å²) in [5.41, 5.74) is 0.985. The Hall–Kier alpha value is -0.610. The van der Waals surface area contributed by atoms with Gasteiger partial charge in [0.05, 0.1) is 0 Å². The van der Waals surface area contributed by atoms with E-state index in [2.05, 4.69) is 0 Å². The standard InChI is InChI=1S/C10H12O2S2/c1-8(11)12-7-9-5-3-4-6-10(9)14-13-2/h3-6H,7H2,1-2H3/i1D. The fraction of sp³-hybridized carbons (Fsp3) is 0.300. The predicted molar refractivity (Wildman–Crippen MR) is 61.3 cm³/mol. The number of benzene rings is 1. The first-order chi connectivity index (χ1) is 7.27. The Kier molecular flexibility index (Phi) is 4.24. The van der Waals surface area contributed by atoms with Gasteiger partial charge in [0, 0.05) is 18.7 Å². The molecule has 0 fully saturated rings. The summed E-state index contributed by atoms with van der Waals surface area (Å²) >= 11 is 0. The number of esters is 1. The van der Waals surface area contributed by atoms with Gasteiger partial charge in [0.1, 0.15) is 6.61 Å². The molecule has 0 N–H and O–H groups in total. The van der Waals surface area contributed by atoms with E-state index in [1.165, 1.54) is 0 Å². The van der Waals surface area contributed by atoms with Crippen molar-refractivity contribution in [3.8, 4) is 0 Å². The third kappa shape index (κ3) is 3.64. The molecule has 0 aliphatic heterocycles. The molecule has 0 aliphatic carbocycles. The van der Waals surface area contributed by atoms with Gasteiger partial charge in [-0.05, 0) is 12.3 Å². The minimum absolute atomic E-state index is 0.251. The molecule has 14 heavy (non-hydrogen) atoms. The molecular weight excluding hydrogens is 216 g/mol. The maximum atomic E-state index is 10.8. The van der Waals surface area contributed by atoms with E-state index >= 15 is 0 Å². The van der Waals surface area contributed by atoms with E-state index in [9.17, 15) is 4.79 Å². The first kappa shape index (κ1) is 9.93. The number of hydrogen-bond donors (Lipinski definition) is 0. The summed E-state index contributed by atoms with van der Waals surface area (Å²) in [6.07, 6.45) is 2.00. The average molecular weight is 229 g/mol. The molecule has 0 saturated heterocycles. The molecule has 0 aromatic heterocycles. The molecule has 0 unspecified atom stereocenters. The lowest BCUT2D eigenvalue weighted by Crippen LogP contribution is -1.99. The van der Waals surface area contributed by atoms with Crippen LogP contribution >= 0.6 is 21.6 Å². The van der Waals surface area contributed by atoms with Gasteiger partial charge in [-0.15, -0.1) is 0 Å². The first-order valence-electron chi connectivity index (χ1n) is 4.72. The van der Waals surface area contributed by atoms with Crippen LogP contribution in [0.3, 0.4) is 0 Å². The Labute approximate surface area is 93.2 Å². The molecule has 0 spiro atoms. The van der Waals surface area contributed by atoms with Crippen LogP contribution in [0.2, 0.25) is 0 Å². The summed E-state index contributed by atoms with van der Waals surface area (Å²) < 4.78 is 11.7. The fourth-order valence-electron chi connectivity index (χ4n) is 0.952. The van der Waals surface area contributed by atoms with Gasteiger partial charge >= 0.3 is 5.97 Å². The SMILES string of the molecule is [2H]CC(=O)OCc1ccccc1SSC. The second-order valence-corrected chi connectivity index (χ2v) is 4.96. The van der Waals surface area contributed by atoms with E-state index < -0.39 is 5.97 Å². The largest absolute Gasteiger partial charge is 0.461 e. The number of rotatable bonds is 4. The smallest absolute Gasteiger partial charge is 0.302 e. The predicted octanol–water partition coefficient (Wildman–Crippen LogP) is 3.12. The molecule has 2 nitrogen and oxygen atoms in total. The highest BCUT2D eigenvalue weighted by Gasteiger charge is 2.03. The molecule has 0 heterocycles. The molecule has 0 radical (unpaired) electrons. The van der Waals surface area contributed by atoms with Crippen molar-refractivity contribution in [3.63, 3.8) is 0 Å². The maximum absolute atomic E-state index is 10.8. The van der Waals surface area contributed by atoms with Crippen molar-refractivity contribution in [2.24, 2.45) is 0 Å². The van der Waals surface area contributed by atoms with E-state index in [1.807, 2.05) is 30.5 Å². The fourth-order valence-corrected chi connectivity index (χ4v) is 2.53. The molecule has 1 aromatic rings. The normalized spacial score (nSPS) is 10.8. The van der Waals surface area contributed by atoms with Gasteiger partial charge in [0.2, 0.25) is 0 Å². The van der Waals surface area contributed by atoms with E-state index in [-0.39, 0.29) is 13.5 Å². The van der Waals surface area contributed by atoms with E-state index in [1.54, 1.807) is 21.6 Å². The first-order valence-corrected chi connectivity index (χ1v) is 6.57. The van der Waals surface area contributed by atoms with Crippen LogP contribution in [-0.2, 0) is 16.1 Å². The van der Waals surface area contributed by atoms with Crippen molar-refractivity contribution in [2.45, 2.75) is 18.4 Å². The molecule has 0 saturated carbocycles. The Morgan fingerprint density at radius 3 is 3.07 bits per heavy atom. The van der Waals surface area contributed by atoms with Crippen LogP contribution in [0.4, 0.5) is 0 Å². The van der Waals surface area contributed by atoms with Crippen LogP contribution in [0, 0.1) is 0 Å². The summed E-state index contributed by atoms with van der Waals surface area (Å²) in [4.78, 5) is 11.9. The molecule has 76 valence electrons. The second kappa shape index (κ2) is 5.98. The van der Waals surface area contributed by atoms with Crippen molar-refractivity contribution in [1.29, 1.82) is 0 Å². The number of ether oxygens (including phenoxy) is 1. The van der Waals surface area contributed by atoms with Crippen molar-refractivity contribution >= 4 is 27.6 Å². The summed E-state index contributed by atoms with van der Waals surface area (Å²) in [5, 5.41) is 0. The molecule has 1 rings (SSSR count). The van der Waals surface area contributed by atoms with Crippen LogP contribution in [0.25, 0.3) is 0 Å². The van der Waals surface area contributed by atoms with Gasteiger partial charge in [-0.25, -0.2) is 0 Å². The van der Waals surface area contributed by atoms with Gasteiger partial charge < -0.3 is 4.74 Å². The number of hydrogen-bond acceptors (Lipinski definition) is 4. The molecular formula is C10H12O2S2. The minimum atomic E-state index is -0.487. The zero-order chi connectivity index (χ0) is 11.1. The summed E-state index contributed by atoms with van der Waals surface area (Å²) in [6, 6.07) is 7.78. The van der Waals surface area contributed by atoms with Crippen LogP contribution in [0.5, 0.6) is 0 Å². The number of carbonyl (C=O) groups excluding carboxylic acids is 1. The van der Waals surface area contributed by atoms with E-state index in [4.69, 9.17) is 6.11 Å². The van der Waals surface area contributed by atoms with Crippen molar-refractivity contribution in [2.75, 3.05) is 6.26 Å². The van der Waals surface area contributed by atoms with Crippen molar-refractivity contribution in [1.82, 2.24) is 0 Å². The Morgan fingerprint density at radius 1 is 1.57 bits per heavy atom. The molecule has 1 aromatic carbocycles. The van der Waals surface area contributed by atoms with Gasteiger partial charge in [0.15, 0.2) is 0 Å². The minimum Gasteiger partial charge on any atom is -0.461 e. The summed E-state index contributed by atoms with van der Waals surface area (Å²) in [5.74, 6) is -0.487. The lowest BCUT2D eigenvalue weighted by atomic mass is 10.2. The Balaban J connectivity index is 2.62. The molecule has 4 heteroatoms. The highest BCUT2D eigenvalue weighted by Crippen LogP contribution is 2.31. The van der Waals surface area contributed by atoms with Crippen LogP contribution in [0.15, 0.2) is 29.2 Å². The van der Waals surface area contributed by atoms with Crippen LogP contribution in [0.1, 0.15) is 13.8 Å². The van der Waals surface area contributed by atoms with Crippen molar-refractivity contribution < 1.29 is 10.9 Å². The van der Waals surface area contributed by atoms with E-state index in [0.717, 1.165) is 10.5 Å². The quantitative estimate of drug-likeness (QED) is 0.585. The summed E-state index contributed by atoms with van der Waals surface area (Å²) in [7, 11) is 3.29. The third-order valence-electron chi connectivity index (χ3n) is 1.53. The second-order valence-electron chi connectivity index (χ2n) is 2.52. The maximum Gasteiger partial charge on any atom is 0.302 e. The monoisotopic (exact) mass is 229 g/mol.